The molecule has 1 aromatic carbocycles. The number of hydrogen-bond acceptors (Lipinski definition) is 4. The molecule has 0 amide bonds. The Morgan fingerprint density at radius 2 is 2.05 bits per heavy atom. The van der Waals surface area contributed by atoms with Gasteiger partial charge in [-0.25, -0.2) is 13.1 Å². The van der Waals surface area contributed by atoms with Gasteiger partial charge in [-0.15, -0.1) is 0 Å². The molecule has 2 rings (SSSR count). The molecule has 1 fully saturated rings. The molecule has 0 unspecified atom stereocenters. The molecule has 0 spiro atoms. The van der Waals surface area contributed by atoms with E-state index in [2.05, 4.69) is 4.72 Å². The third kappa shape index (κ3) is 3.51. The molecule has 1 aromatic rings. The van der Waals surface area contributed by atoms with Crippen LogP contribution >= 0.6 is 35.0 Å². The molecule has 4 nitrogen and oxygen atoms in total. The van der Waals surface area contributed by atoms with Crippen LogP contribution in [0.5, 0.6) is 0 Å². The number of aliphatic hydroxyl groups is 1. The third-order valence-electron chi connectivity index (χ3n) is 3.88. The zero-order chi connectivity index (χ0) is 15.7. The first-order valence-electron chi connectivity index (χ1n) is 6.48. The standard InChI is InChI=1S/C13H17Cl2NO3S2/c1-20-13(5-2-6-13)8-16-21(18,19)11-4-3-10(14)9(7-17)12(11)15/h3-4,16-17H,2,5-8H2,1H3. The van der Waals surface area contributed by atoms with Crippen molar-refractivity contribution in [2.24, 2.45) is 0 Å². The Balaban J connectivity index is 2.24. The minimum atomic E-state index is -3.72. The average Bonchev–Trinajstić information content (AvgIpc) is 2.38. The van der Waals surface area contributed by atoms with Gasteiger partial charge < -0.3 is 5.11 Å². The van der Waals surface area contributed by atoms with Crippen LogP contribution in [0.3, 0.4) is 0 Å². The molecule has 0 aliphatic heterocycles. The molecular formula is C13H17Cl2NO3S2. The predicted molar refractivity (Wildman–Crippen MR) is 87.7 cm³/mol. The first-order chi connectivity index (χ1) is 9.85. The van der Waals surface area contributed by atoms with Crippen LogP contribution < -0.4 is 4.72 Å². The van der Waals surface area contributed by atoms with Crippen molar-refractivity contribution in [3.63, 3.8) is 0 Å². The number of rotatable bonds is 6. The van der Waals surface area contributed by atoms with Crippen LogP contribution in [0, 0.1) is 0 Å². The van der Waals surface area contributed by atoms with Crippen LogP contribution in [0.15, 0.2) is 17.0 Å². The van der Waals surface area contributed by atoms with Crippen molar-refractivity contribution >= 4 is 45.0 Å². The van der Waals surface area contributed by atoms with Crippen molar-refractivity contribution in [2.45, 2.75) is 35.5 Å². The van der Waals surface area contributed by atoms with Crippen molar-refractivity contribution in [2.75, 3.05) is 12.8 Å². The fourth-order valence-electron chi connectivity index (χ4n) is 2.26. The van der Waals surface area contributed by atoms with Crippen LogP contribution in [-0.4, -0.2) is 31.1 Å². The number of halogens is 2. The molecule has 1 aliphatic rings. The lowest BCUT2D eigenvalue weighted by Gasteiger charge is -2.40. The Kier molecular flexibility index (Phi) is 5.50. The summed E-state index contributed by atoms with van der Waals surface area (Å²) in [6.45, 7) is -0.0281. The molecule has 1 saturated carbocycles. The highest BCUT2D eigenvalue weighted by molar-refractivity contribution is 8.00. The maximum Gasteiger partial charge on any atom is 0.242 e. The van der Waals surface area contributed by atoms with Crippen molar-refractivity contribution in [1.82, 2.24) is 4.72 Å². The van der Waals surface area contributed by atoms with Gasteiger partial charge in [-0.1, -0.05) is 29.6 Å². The van der Waals surface area contributed by atoms with Crippen LogP contribution in [0.2, 0.25) is 10.0 Å². The summed E-state index contributed by atoms with van der Waals surface area (Å²) in [4.78, 5) is -0.0480. The van der Waals surface area contributed by atoms with Gasteiger partial charge in [0.15, 0.2) is 0 Å². The summed E-state index contributed by atoms with van der Waals surface area (Å²) in [5, 5.41) is 9.47. The minimum absolute atomic E-state index is 0.00815. The highest BCUT2D eigenvalue weighted by Crippen LogP contribution is 2.42. The fourth-order valence-corrected chi connectivity index (χ4v) is 5.28. The lowest BCUT2D eigenvalue weighted by atomic mass is 9.84. The maximum atomic E-state index is 12.4. The second-order valence-electron chi connectivity index (χ2n) is 5.06. The SMILES string of the molecule is CSC1(CNS(=O)(=O)c2ccc(Cl)c(CO)c2Cl)CCC1. The molecule has 8 heteroatoms. The van der Waals surface area contributed by atoms with E-state index in [0.29, 0.717) is 6.54 Å². The van der Waals surface area contributed by atoms with Crippen molar-refractivity contribution in [1.29, 1.82) is 0 Å². The second-order valence-corrected chi connectivity index (χ2v) is 8.86. The molecule has 0 atom stereocenters. The molecule has 21 heavy (non-hydrogen) atoms. The monoisotopic (exact) mass is 369 g/mol. The molecule has 0 radical (unpaired) electrons. The Labute approximate surface area is 139 Å². The first-order valence-corrected chi connectivity index (χ1v) is 9.94. The van der Waals surface area contributed by atoms with Crippen molar-refractivity contribution < 1.29 is 13.5 Å². The Morgan fingerprint density at radius 1 is 1.38 bits per heavy atom. The number of thioether (sulfide) groups is 1. The summed E-state index contributed by atoms with van der Waals surface area (Å²) in [7, 11) is -3.72. The van der Waals surface area contributed by atoms with Crippen LogP contribution in [0.4, 0.5) is 0 Å². The fraction of sp³-hybridized carbons (Fsp3) is 0.538. The smallest absolute Gasteiger partial charge is 0.242 e. The number of aliphatic hydroxyl groups excluding tert-OH is 1. The van der Waals surface area contributed by atoms with Gasteiger partial charge in [-0.05, 0) is 31.2 Å². The Hall–Kier alpha value is 0.0200. The van der Waals surface area contributed by atoms with Gasteiger partial charge in [0.1, 0.15) is 4.90 Å². The summed E-state index contributed by atoms with van der Waals surface area (Å²) >= 11 is 13.6. The first kappa shape index (κ1) is 17.4. The predicted octanol–water partition coefficient (Wildman–Crippen LogP) is 3.05. The highest BCUT2D eigenvalue weighted by Gasteiger charge is 2.37. The summed E-state index contributed by atoms with van der Waals surface area (Å²) < 4.78 is 27.4. The van der Waals surface area contributed by atoms with Gasteiger partial charge >= 0.3 is 0 Å². The van der Waals surface area contributed by atoms with Gasteiger partial charge in [0.2, 0.25) is 10.0 Å². The quantitative estimate of drug-likeness (QED) is 0.808. The molecule has 2 N–H and O–H groups in total. The van der Waals surface area contributed by atoms with Gasteiger partial charge in [0.05, 0.1) is 11.6 Å². The summed E-state index contributed by atoms with van der Waals surface area (Å²) in [6.07, 6.45) is 5.13. The van der Waals surface area contributed by atoms with Crippen LogP contribution in [0.25, 0.3) is 0 Å². The summed E-state index contributed by atoms with van der Waals surface area (Å²) in [5.74, 6) is 0. The van der Waals surface area contributed by atoms with Gasteiger partial charge in [0, 0.05) is 21.9 Å². The number of nitrogens with one attached hydrogen (secondary N) is 1. The number of sulfonamides is 1. The van der Waals surface area contributed by atoms with E-state index in [9.17, 15) is 13.5 Å². The Morgan fingerprint density at radius 3 is 2.52 bits per heavy atom. The van der Waals surface area contributed by atoms with Crippen molar-refractivity contribution in [3.8, 4) is 0 Å². The molecule has 0 heterocycles. The second kappa shape index (κ2) is 6.64. The number of hydrogen-bond donors (Lipinski definition) is 2. The highest BCUT2D eigenvalue weighted by atomic mass is 35.5. The van der Waals surface area contributed by atoms with E-state index >= 15 is 0 Å². The van der Waals surface area contributed by atoms with E-state index in [1.54, 1.807) is 11.8 Å². The van der Waals surface area contributed by atoms with Gasteiger partial charge in [0.25, 0.3) is 0 Å². The zero-order valence-corrected chi connectivity index (χ0v) is 14.7. The molecule has 0 saturated heterocycles. The largest absolute Gasteiger partial charge is 0.392 e. The van der Waals surface area contributed by atoms with E-state index in [4.69, 9.17) is 23.2 Å². The lowest BCUT2D eigenvalue weighted by Crippen LogP contribution is -2.45. The van der Waals surface area contributed by atoms with E-state index in [0.717, 1.165) is 19.3 Å². The lowest BCUT2D eigenvalue weighted by molar-refractivity contribution is 0.281. The Bertz CT molecular complexity index is 625. The zero-order valence-electron chi connectivity index (χ0n) is 11.5. The van der Waals surface area contributed by atoms with E-state index < -0.39 is 16.6 Å². The average molecular weight is 370 g/mol. The molecule has 0 aromatic heterocycles. The van der Waals surface area contributed by atoms with E-state index in [1.165, 1.54) is 12.1 Å². The van der Waals surface area contributed by atoms with Gasteiger partial charge in [-0.3, -0.25) is 0 Å². The summed E-state index contributed by atoms with van der Waals surface area (Å²) in [5.41, 5.74) is 0.226. The molecule has 1 aliphatic carbocycles. The third-order valence-corrected chi connectivity index (χ3v) is 7.64. The van der Waals surface area contributed by atoms with Crippen molar-refractivity contribution in [3.05, 3.63) is 27.7 Å². The van der Waals surface area contributed by atoms with Crippen LogP contribution in [-0.2, 0) is 16.6 Å². The van der Waals surface area contributed by atoms with Gasteiger partial charge in [-0.2, -0.15) is 11.8 Å². The van der Waals surface area contributed by atoms with Crippen LogP contribution in [0.1, 0.15) is 24.8 Å². The number of benzene rings is 1. The normalized spacial score (nSPS) is 17.5. The molecule has 0 bridgehead atoms. The summed E-state index contributed by atoms with van der Waals surface area (Å²) in [6, 6.07) is 2.79. The topological polar surface area (TPSA) is 66.4 Å². The maximum absolute atomic E-state index is 12.4. The molecule has 118 valence electrons. The molecular weight excluding hydrogens is 353 g/mol. The van der Waals surface area contributed by atoms with E-state index in [-0.39, 0.29) is 25.3 Å². The van der Waals surface area contributed by atoms with E-state index in [1.807, 2.05) is 6.26 Å². The minimum Gasteiger partial charge on any atom is -0.392 e.